The van der Waals surface area contributed by atoms with Crippen LogP contribution in [0.15, 0.2) is 66.7 Å². The van der Waals surface area contributed by atoms with Gasteiger partial charge in [0.1, 0.15) is 0 Å². The number of nitrogens with one attached hydrogen (secondary N) is 1. The molecule has 2 aromatic carbocycles. The molecular formula is C19H18N2O3. The molecular weight excluding hydrogens is 304 g/mol. The fraction of sp³-hybridized carbons (Fsp3) is 0.158. The number of benzene rings is 2. The number of methoxy groups -OCH3 is 1. The summed E-state index contributed by atoms with van der Waals surface area (Å²) in [5.74, 6) is -0.468. The number of esters is 1. The van der Waals surface area contributed by atoms with Crippen molar-refractivity contribution in [2.45, 2.75) is 12.1 Å². The molecule has 2 atom stereocenters. The minimum Gasteiger partial charge on any atom is -0.467 e. The van der Waals surface area contributed by atoms with E-state index >= 15 is 0 Å². The molecule has 0 saturated carbocycles. The van der Waals surface area contributed by atoms with Crippen molar-refractivity contribution in [3.8, 4) is 0 Å². The highest BCUT2D eigenvalue weighted by molar-refractivity contribution is 6.01. The number of carbonyl (C=O) groups excluding carboxylic acids is 2. The average molecular weight is 322 g/mol. The molecule has 5 heteroatoms. The lowest BCUT2D eigenvalue weighted by Crippen LogP contribution is -2.41. The van der Waals surface area contributed by atoms with Crippen LogP contribution < -0.4 is 10.2 Å². The Hall–Kier alpha value is -3.08. The number of para-hydroxylation sites is 1. The predicted molar refractivity (Wildman–Crippen MR) is 92.5 cm³/mol. The summed E-state index contributed by atoms with van der Waals surface area (Å²) in [6, 6.07) is 17.4. The summed E-state index contributed by atoms with van der Waals surface area (Å²) in [6.45, 7) is 0. The topological polar surface area (TPSA) is 58.6 Å². The second-order valence-corrected chi connectivity index (χ2v) is 5.42. The second-order valence-electron chi connectivity index (χ2n) is 5.42. The Bertz CT molecular complexity index is 744. The van der Waals surface area contributed by atoms with Gasteiger partial charge in [0.05, 0.1) is 13.2 Å². The molecule has 0 spiro atoms. The molecule has 1 fully saturated rings. The SMILES string of the molecule is COC(=O)[C@H]1NC(=O)N(c2ccccc2)[C@@H]1/C=C/c1ccccc1. The Balaban J connectivity index is 1.95. The lowest BCUT2D eigenvalue weighted by molar-refractivity contribution is -0.142. The van der Waals surface area contributed by atoms with Gasteiger partial charge < -0.3 is 10.1 Å². The fourth-order valence-corrected chi connectivity index (χ4v) is 2.75. The van der Waals surface area contributed by atoms with Crippen LogP contribution in [0.2, 0.25) is 0 Å². The van der Waals surface area contributed by atoms with Gasteiger partial charge in [0.15, 0.2) is 6.04 Å². The lowest BCUT2D eigenvalue weighted by atomic mass is 10.1. The number of hydrogen-bond acceptors (Lipinski definition) is 3. The number of nitrogens with zero attached hydrogens (tertiary/aromatic N) is 1. The normalized spacial score (nSPS) is 20.2. The van der Waals surface area contributed by atoms with Gasteiger partial charge in [-0.1, -0.05) is 60.7 Å². The summed E-state index contributed by atoms with van der Waals surface area (Å²) >= 11 is 0. The highest BCUT2D eigenvalue weighted by Gasteiger charge is 2.43. The van der Waals surface area contributed by atoms with E-state index in [1.165, 1.54) is 7.11 Å². The summed E-state index contributed by atoms with van der Waals surface area (Å²) in [6.07, 6.45) is 3.75. The highest BCUT2D eigenvalue weighted by atomic mass is 16.5. The van der Waals surface area contributed by atoms with Gasteiger partial charge in [-0.05, 0) is 17.7 Å². The van der Waals surface area contributed by atoms with Crippen molar-refractivity contribution in [2.75, 3.05) is 12.0 Å². The van der Waals surface area contributed by atoms with Gasteiger partial charge in [-0.3, -0.25) is 4.90 Å². The van der Waals surface area contributed by atoms with Crippen LogP contribution in [0.3, 0.4) is 0 Å². The van der Waals surface area contributed by atoms with E-state index in [0.29, 0.717) is 0 Å². The zero-order chi connectivity index (χ0) is 16.9. The first-order valence-electron chi connectivity index (χ1n) is 7.66. The quantitative estimate of drug-likeness (QED) is 0.881. The molecule has 1 heterocycles. The van der Waals surface area contributed by atoms with Crippen LogP contribution >= 0.6 is 0 Å². The molecule has 0 bridgehead atoms. The van der Waals surface area contributed by atoms with Gasteiger partial charge in [0, 0.05) is 5.69 Å². The van der Waals surface area contributed by atoms with Gasteiger partial charge >= 0.3 is 12.0 Å². The van der Waals surface area contributed by atoms with Crippen molar-refractivity contribution in [2.24, 2.45) is 0 Å². The molecule has 122 valence electrons. The molecule has 0 aliphatic carbocycles. The summed E-state index contributed by atoms with van der Waals surface area (Å²) in [5, 5.41) is 2.70. The standard InChI is InChI=1S/C19H18N2O3/c1-24-18(22)17-16(13-12-14-8-4-2-5-9-14)21(19(23)20-17)15-10-6-3-7-11-15/h2-13,16-17H,1H3,(H,20,23)/b13-12+/t16-,17+/m1/s1. The van der Waals surface area contributed by atoms with E-state index in [4.69, 9.17) is 4.74 Å². The largest absolute Gasteiger partial charge is 0.467 e. The van der Waals surface area contributed by atoms with Crippen LogP contribution in [0, 0.1) is 0 Å². The molecule has 5 nitrogen and oxygen atoms in total. The summed E-state index contributed by atoms with van der Waals surface area (Å²) < 4.78 is 4.83. The Morgan fingerprint density at radius 3 is 2.33 bits per heavy atom. The number of hydrogen-bond donors (Lipinski definition) is 1. The molecule has 24 heavy (non-hydrogen) atoms. The van der Waals surface area contributed by atoms with Crippen LogP contribution in [0.25, 0.3) is 6.08 Å². The first-order chi connectivity index (χ1) is 11.7. The Kier molecular flexibility index (Phi) is 4.61. The first-order valence-corrected chi connectivity index (χ1v) is 7.66. The molecule has 3 rings (SSSR count). The van der Waals surface area contributed by atoms with Crippen molar-refractivity contribution in [3.63, 3.8) is 0 Å². The zero-order valence-electron chi connectivity index (χ0n) is 13.3. The third-order valence-electron chi connectivity index (χ3n) is 3.91. The number of ether oxygens (including phenoxy) is 1. The van der Waals surface area contributed by atoms with Crippen LogP contribution in [-0.2, 0) is 9.53 Å². The van der Waals surface area contributed by atoms with Crippen molar-refractivity contribution >= 4 is 23.8 Å². The Morgan fingerprint density at radius 2 is 1.71 bits per heavy atom. The highest BCUT2D eigenvalue weighted by Crippen LogP contribution is 2.25. The number of rotatable bonds is 4. The maximum atomic E-state index is 12.4. The van der Waals surface area contributed by atoms with E-state index in [1.807, 2.05) is 72.8 Å². The fourth-order valence-electron chi connectivity index (χ4n) is 2.75. The maximum Gasteiger partial charge on any atom is 0.330 e. The third kappa shape index (κ3) is 3.15. The van der Waals surface area contributed by atoms with Crippen molar-refractivity contribution < 1.29 is 14.3 Å². The summed E-state index contributed by atoms with van der Waals surface area (Å²) in [5.41, 5.74) is 1.72. The molecule has 2 aromatic rings. The van der Waals surface area contributed by atoms with E-state index < -0.39 is 18.1 Å². The average Bonchev–Trinajstić information content (AvgIpc) is 2.97. The Morgan fingerprint density at radius 1 is 1.08 bits per heavy atom. The van der Waals surface area contributed by atoms with E-state index in [0.717, 1.165) is 11.3 Å². The van der Waals surface area contributed by atoms with Crippen molar-refractivity contribution in [3.05, 3.63) is 72.3 Å². The molecule has 0 unspecified atom stereocenters. The van der Waals surface area contributed by atoms with Crippen LogP contribution in [0.5, 0.6) is 0 Å². The molecule has 1 aliphatic rings. The van der Waals surface area contributed by atoms with Crippen LogP contribution in [0.1, 0.15) is 5.56 Å². The molecule has 1 saturated heterocycles. The van der Waals surface area contributed by atoms with Crippen molar-refractivity contribution in [1.29, 1.82) is 0 Å². The molecule has 1 N–H and O–H groups in total. The van der Waals surface area contributed by atoms with Gasteiger partial charge in [0.25, 0.3) is 0 Å². The lowest BCUT2D eigenvalue weighted by Gasteiger charge is -2.22. The molecule has 0 radical (unpaired) electrons. The van der Waals surface area contributed by atoms with E-state index in [9.17, 15) is 9.59 Å². The summed E-state index contributed by atoms with van der Waals surface area (Å²) in [7, 11) is 1.32. The molecule has 1 aliphatic heterocycles. The zero-order valence-corrected chi connectivity index (χ0v) is 13.3. The third-order valence-corrected chi connectivity index (χ3v) is 3.91. The number of urea groups is 1. The van der Waals surface area contributed by atoms with Gasteiger partial charge in [0.2, 0.25) is 0 Å². The smallest absolute Gasteiger partial charge is 0.330 e. The van der Waals surface area contributed by atoms with Gasteiger partial charge in [-0.25, -0.2) is 9.59 Å². The van der Waals surface area contributed by atoms with Gasteiger partial charge in [-0.2, -0.15) is 0 Å². The van der Waals surface area contributed by atoms with Crippen molar-refractivity contribution in [1.82, 2.24) is 5.32 Å². The van der Waals surface area contributed by atoms with E-state index in [1.54, 1.807) is 4.90 Å². The Labute approximate surface area is 140 Å². The van der Waals surface area contributed by atoms with Crippen LogP contribution in [-0.4, -0.2) is 31.2 Å². The first kappa shape index (κ1) is 15.8. The maximum absolute atomic E-state index is 12.4. The number of anilines is 1. The molecule has 0 aromatic heterocycles. The monoisotopic (exact) mass is 322 g/mol. The number of amides is 2. The van der Waals surface area contributed by atoms with E-state index in [-0.39, 0.29) is 6.03 Å². The second kappa shape index (κ2) is 7.00. The van der Waals surface area contributed by atoms with E-state index in [2.05, 4.69) is 5.32 Å². The molecule has 2 amide bonds. The van der Waals surface area contributed by atoms with Crippen LogP contribution in [0.4, 0.5) is 10.5 Å². The van der Waals surface area contributed by atoms with Gasteiger partial charge in [-0.15, -0.1) is 0 Å². The predicted octanol–water partition coefficient (Wildman–Crippen LogP) is 2.84. The number of carbonyl (C=O) groups is 2. The minimum absolute atomic E-state index is 0.320. The minimum atomic E-state index is -0.748. The summed E-state index contributed by atoms with van der Waals surface area (Å²) in [4.78, 5) is 26.0.